The molecule has 0 aromatic heterocycles. The van der Waals surface area contributed by atoms with Crippen molar-refractivity contribution in [3.63, 3.8) is 0 Å². The monoisotopic (exact) mass is 414 g/mol. The zero-order chi connectivity index (χ0) is 19.7. The van der Waals surface area contributed by atoms with E-state index in [2.05, 4.69) is 6.92 Å². The Morgan fingerprint density at radius 1 is 0.964 bits per heavy atom. The summed E-state index contributed by atoms with van der Waals surface area (Å²) in [6.45, 7) is 2.17. The third-order valence-corrected chi connectivity index (χ3v) is 5.26. The molecule has 0 aliphatic heterocycles. The number of para-hydroxylation sites is 1. The van der Waals surface area contributed by atoms with Crippen molar-refractivity contribution < 1.29 is 52.4 Å². The van der Waals surface area contributed by atoms with Crippen LogP contribution in [0.3, 0.4) is 0 Å². The quantitative estimate of drug-likeness (QED) is 0.346. The Balaban J connectivity index is 0.00000392. The van der Waals surface area contributed by atoms with E-state index in [1.165, 1.54) is 31.7 Å². The van der Waals surface area contributed by atoms with Gasteiger partial charge in [-0.1, -0.05) is 75.0 Å². The first-order valence-electron chi connectivity index (χ1n) is 9.46. The third kappa shape index (κ3) is 8.13. The van der Waals surface area contributed by atoms with Gasteiger partial charge in [0.05, 0.1) is 4.90 Å². The zero-order valence-corrected chi connectivity index (χ0v) is 19.5. The fraction of sp³-hybridized carbons (Fsp3) is 0.429. The molecule has 0 atom stereocenters. The van der Waals surface area contributed by atoms with Crippen LogP contribution >= 0.6 is 0 Å². The Bertz CT molecular complexity index is 822. The molecule has 0 heterocycles. The predicted octanol–water partition coefficient (Wildman–Crippen LogP) is 2.10. The van der Waals surface area contributed by atoms with Crippen molar-refractivity contribution in [2.45, 2.75) is 63.2 Å². The van der Waals surface area contributed by atoms with Crippen LogP contribution in [-0.4, -0.2) is 13.0 Å². The molecular formula is C21H27NaO5S. The van der Waals surface area contributed by atoms with Gasteiger partial charge in [-0.3, -0.25) is 4.55 Å². The summed E-state index contributed by atoms with van der Waals surface area (Å²) >= 11 is 0. The number of aryl methyl sites for hydroxylation is 1. The molecule has 0 fully saturated rings. The number of ether oxygens (including phenoxy) is 1. The summed E-state index contributed by atoms with van der Waals surface area (Å²) in [7, 11) is -4.42. The fourth-order valence-electron chi connectivity index (χ4n) is 2.93. The van der Waals surface area contributed by atoms with Gasteiger partial charge in [-0.2, -0.15) is 8.42 Å². The largest absolute Gasteiger partial charge is 1.00 e. The number of hydrogen-bond donors (Lipinski definition) is 1. The third-order valence-electron chi connectivity index (χ3n) is 4.42. The van der Waals surface area contributed by atoms with Crippen LogP contribution in [0.25, 0.3) is 0 Å². The second-order valence-electron chi connectivity index (χ2n) is 6.67. The minimum atomic E-state index is -4.42. The fourth-order valence-corrected chi connectivity index (χ4v) is 3.48. The van der Waals surface area contributed by atoms with Gasteiger partial charge in [0.1, 0.15) is 11.5 Å². The molecule has 148 valence electrons. The molecule has 2 rings (SSSR count). The summed E-state index contributed by atoms with van der Waals surface area (Å²) in [5, 5.41) is 12.7. The van der Waals surface area contributed by atoms with Crippen LogP contribution in [0.2, 0.25) is 0 Å². The number of rotatable bonds is 11. The maximum Gasteiger partial charge on any atom is 1.00 e. The van der Waals surface area contributed by atoms with Crippen LogP contribution < -0.4 is 39.4 Å². The molecule has 0 radical (unpaired) electrons. The minimum Gasteiger partial charge on any atom is -0.870 e. The van der Waals surface area contributed by atoms with Crippen molar-refractivity contribution in [2.75, 3.05) is 0 Å². The zero-order valence-electron chi connectivity index (χ0n) is 16.7. The van der Waals surface area contributed by atoms with Gasteiger partial charge in [0.25, 0.3) is 10.1 Å². The molecule has 2 aromatic rings. The van der Waals surface area contributed by atoms with E-state index in [4.69, 9.17) is 4.74 Å². The van der Waals surface area contributed by atoms with E-state index < -0.39 is 10.1 Å². The molecule has 0 saturated heterocycles. The molecule has 0 saturated carbocycles. The van der Waals surface area contributed by atoms with Crippen LogP contribution in [-0.2, 0) is 16.5 Å². The van der Waals surface area contributed by atoms with Crippen LogP contribution in [0.5, 0.6) is 17.2 Å². The Morgan fingerprint density at radius 2 is 1.57 bits per heavy atom. The Labute approximate surface area is 190 Å². The maximum atomic E-state index is 12.7. The molecule has 0 aliphatic carbocycles. The summed E-state index contributed by atoms with van der Waals surface area (Å²) in [5.74, 6) is 0.00969. The molecule has 5 nitrogen and oxygen atoms in total. The summed E-state index contributed by atoms with van der Waals surface area (Å²) < 4.78 is 38.1. The topological polar surface area (TPSA) is 86.7 Å². The van der Waals surface area contributed by atoms with E-state index in [0.717, 1.165) is 25.3 Å². The standard InChI is InChI=1S/C21H28O5S.Na/c1-2-3-4-5-6-7-9-12-17-15-19(27(23,24)25)16-20(21(17)22)26-18-13-10-8-11-14-18;/h8,10-11,13-16,22H,2-7,9,12H2,1H3,(H,23,24,25);/q;+1/p-1. The Morgan fingerprint density at radius 3 is 2.18 bits per heavy atom. The summed E-state index contributed by atoms with van der Waals surface area (Å²) in [5.41, 5.74) is 0.351. The number of hydrogen-bond acceptors (Lipinski definition) is 4. The molecule has 1 N–H and O–H groups in total. The molecule has 7 heteroatoms. The van der Waals surface area contributed by atoms with E-state index in [-0.39, 0.29) is 46.0 Å². The van der Waals surface area contributed by atoms with Gasteiger partial charge in [-0.25, -0.2) is 0 Å². The second-order valence-corrected chi connectivity index (χ2v) is 8.09. The normalized spacial score (nSPS) is 11.1. The van der Waals surface area contributed by atoms with E-state index in [0.29, 0.717) is 17.7 Å². The molecule has 0 aliphatic rings. The first-order valence-corrected chi connectivity index (χ1v) is 10.9. The Kier molecular flexibility index (Phi) is 11.2. The average Bonchev–Trinajstić information content (AvgIpc) is 2.63. The van der Waals surface area contributed by atoms with Crippen molar-refractivity contribution in [3.8, 4) is 17.2 Å². The summed E-state index contributed by atoms with van der Waals surface area (Å²) in [6.07, 6.45) is 8.16. The van der Waals surface area contributed by atoms with Crippen LogP contribution in [0.1, 0.15) is 57.4 Å². The van der Waals surface area contributed by atoms with E-state index in [9.17, 15) is 18.1 Å². The molecule has 0 unspecified atom stereocenters. The predicted molar refractivity (Wildman–Crippen MR) is 104 cm³/mol. The van der Waals surface area contributed by atoms with Crippen molar-refractivity contribution in [2.24, 2.45) is 0 Å². The number of unbranched alkanes of at least 4 members (excludes halogenated alkanes) is 6. The van der Waals surface area contributed by atoms with E-state index in [1.54, 1.807) is 24.3 Å². The summed E-state index contributed by atoms with van der Waals surface area (Å²) in [4.78, 5) is -0.314. The molecular weight excluding hydrogens is 387 g/mol. The maximum absolute atomic E-state index is 12.7. The Hall–Kier alpha value is -1.05. The van der Waals surface area contributed by atoms with Crippen LogP contribution in [0, 0.1) is 0 Å². The number of benzene rings is 2. The second kappa shape index (κ2) is 12.5. The van der Waals surface area contributed by atoms with E-state index >= 15 is 0 Å². The summed E-state index contributed by atoms with van der Waals surface area (Å²) in [6, 6.07) is 11.0. The van der Waals surface area contributed by atoms with Gasteiger partial charge in [0, 0.05) is 6.07 Å². The van der Waals surface area contributed by atoms with Crippen LogP contribution in [0.4, 0.5) is 0 Å². The van der Waals surface area contributed by atoms with Crippen molar-refractivity contribution in [1.82, 2.24) is 0 Å². The smallest absolute Gasteiger partial charge is 0.870 e. The van der Waals surface area contributed by atoms with Gasteiger partial charge in [0.2, 0.25) is 0 Å². The molecule has 28 heavy (non-hydrogen) atoms. The SMILES string of the molecule is CCCCCCCCCc1cc(S(=O)(=O)O)cc(Oc2ccccc2)c1[O-].[Na+]. The van der Waals surface area contributed by atoms with E-state index in [1.807, 2.05) is 6.07 Å². The molecule has 0 spiro atoms. The molecule has 0 amide bonds. The van der Waals surface area contributed by atoms with Gasteiger partial charge < -0.3 is 9.84 Å². The van der Waals surface area contributed by atoms with Crippen molar-refractivity contribution >= 4 is 10.1 Å². The van der Waals surface area contributed by atoms with Gasteiger partial charge in [-0.05, 0) is 31.0 Å². The first-order chi connectivity index (χ1) is 12.9. The minimum absolute atomic E-state index is 0. The molecule has 2 aromatic carbocycles. The van der Waals surface area contributed by atoms with Crippen molar-refractivity contribution in [1.29, 1.82) is 0 Å². The first kappa shape index (κ1) is 25.0. The van der Waals surface area contributed by atoms with Gasteiger partial charge in [0.15, 0.2) is 0 Å². The average molecular weight is 414 g/mol. The van der Waals surface area contributed by atoms with Gasteiger partial charge >= 0.3 is 29.6 Å². The van der Waals surface area contributed by atoms with Crippen LogP contribution in [0.15, 0.2) is 47.4 Å². The molecule has 0 bridgehead atoms. The van der Waals surface area contributed by atoms with Crippen molar-refractivity contribution in [3.05, 3.63) is 48.0 Å². The van der Waals surface area contributed by atoms with Gasteiger partial charge in [-0.15, -0.1) is 0 Å².